The summed E-state index contributed by atoms with van der Waals surface area (Å²) in [6.07, 6.45) is 2.19. The third-order valence-corrected chi connectivity index (χ3v) is 5.22. The number of carbonyl (C=O) groups is 1. The van der Waals surface area contributed by atoms with E-state index in [1.807, 2.05) is 0 Å². The molecule has 1 aliphatic heterocycles. The van der Waals surface area contributed by atoms with Crippen LogP contribution < -0.4 is 0 Å². The van der Waals surface area contributed by atoms with E-state index >= 15 is 0 Å². The van der Waals surface area contributed by atoms with Crippen LogP contribution in [0.4, 0.5) is 0 Å². The van der Waals surface area contributed by atoms with Gasteiger partial charge in [-0.25, -0.2) is 9.78 Å². The second-order valence-corrected chi connectivity index (χ2v) is 7.01. The van der Waals surface area contributed by atoms with Crippen LogP contribution in [0.1, 0.15) is 46.8 Å². The zero-order valence-corrected chi connectivity index (χ0v) is 14.4. The number of carbonyl (C=O) groups excluding carboxylic acids is 1. The van der Waals surface area contributed by atoms with Crippen LogP contribution in [0.5, 0.6) is 0 Å². The fraction of sp³-hybridized carbons (Fsp3) is 0.429. The monoisotopic (exact) mass is 400 g/mol. The molecule has 1 aromatic carbocycles. The first-order valence-corrected chi connectivity index (χ1v) is 8.17. The van der Waals surface area contributed by atoms with E-state index in [0.717, 1.165) is 34.2 Å². The maximum absolute atomic E-state index is 11.7. The van der Waals surface area contributed by atoms with Crippen LogP contribution in [-0.2, 0) is 4.74 Å². The molecule has 2 heterocycles. The van der Waals surface area contributed by atoms with Gasteiger partial charge in [-0.2, -0.15) is 0 Å². The van der Waals surface area contributed by atoms with E-state index in [1.165, 1.54) is 7.11 Å². The van der Waals surface area contributed by atoms with Gasteiger partial charge in [-0.05, 0) is 47.8 Å². The number of esters is 1. The normalized spacial score (nSPS) is 21.8. The van der Waals surface area contributed by atoms with Crippen LogP contribution in [0.2, 0.25) is 0 Å². The summed E-state index contributed by atoms with van der Waals surface area (Å²) in [7, 11) is 1.38. The van der Waals surface area contributed by atoms with Gasteiger partial charge in [0.2, 0.25) is 0 Å². The minimum atomic E-state index is -0.345. The standard InChI is InChI=1S/C14H14Br2N2O2/c1-7-3-4-9(15)13-17-11-6-8(14(19)20-2)5-10(16)12(11)18(7)13/h5-7,9H,3-4H2,1-2H3. The third-order valence-electron chi connectivity index (χ3n) is 3.75. The topological polar surface area (TPSA) is 44.1 Å². The zero-order chi connectivity index (χ0) is 14.4. The van der Waals surface area contributed by atoms with Crippen molar-refractivity contribution in [3.63, 3.8) is 0 Å². The van der Waals surface area contributed by atoms with Gasteiger partial charge in [0, 0.05) is 10.5 Å². The number of methoxy groups -OCH3 is 1. The molecule has 3 rings (SSSR count). The van der Waals surface area contributed by atoms with Crippen molar-refractivity contribution in [2.24, 2.45) is 0 Å². The molecule has 0 aliphatic carbocycles. The second kappa shape index (κ2) is 5.15. The minimum Gasteiger partial charge on any atom is -0.465 e. The molecule has 0 saturated carbocycles. The highest BCUT2D eigenvalue weighted by Crippen LogP contribution is 2.41. The lowest BCUT2D eigenvalue weighted by atomic mass is 10.1. The number of nitrogens with zero attached hydrogens (tertiary/aromatic N) is 2. The lowest BCUT2D eigenvalue weighted by Crippen LogP contribution is -2.16. The quantitative estimate of drug-likeness (QED) is 0.526. The minimum absolute atomic E-state index is 0.263. The molecule has 20 heavy (non-hydrogen) atoms. The lowest BCUT2D eigenvalue weighted by molar-refractivity contribution is 0.0601. The van der Waals surface area contributed by atoms with Crippen LogP contribution in [0.3, 0.4) is 0 Å². The van der Waals surface area contributed by atoms with E-state index in [-0.39, 0.29) is 10.8 Å². The van der Waals surface area contributed by atoms with Crippen LogP contribution in [0.25, 0.3) is 11.0 Å². The molecule has 4 nitrogen and oxygen atoms in total. The molecule has 0 N–H and O–H groups in total. The highest BCUT2D eigenvalue weighted by atomic mass is 79.9. The highest BCUT2D eigenvalue weighted by Gasteiger charge is 2.28. The van der Waals surface area contributed by atoms with E-state index in [0.29, 0.717) is 11.6 Å². The molecular formula is C14H14Br2N2O2. The SMILES string of the molecule is COC(=O)c1cc(Br)c2c(c1)nc1n2C(C)CCC1Br. The maximum atomic E-state index is 11.7. The first-order chi connectivity index (χ1) is 9.52. The number of ether oxygens (including phenoxy) is 1. The molecule has 1 aliphatic rings. The number of alkyl halides is 1. The van der Waals surface area contributed by atoms with E-state index in [2.05, 4.69) is 43.4 Å². The van der Waals surface area contributed by atoms with Gasteiger partial charge in [-0.15, -0.1) is 0 Å². The average Bonchev–Trinajstić information content (AvgIpc) is 2.83. The molecule has 106 valence electrons. The summed E-state index contributed by atoms with van der Waals surface area (Å²) >= 11 is 7.26. The van der Waals surface area contributed by atoms with Crippen molar-refractivity contribution >= 4 is 48.9 Å². The fourth-order valence-electron chi connectivity index (χ4n) is 2.75. The molecule has 0 saturated heterocycles. The second-order valence-electron chi connectivity index (χ2n) is 5.05. The predicted molar refractivity (Wildman–Crippen MR) is 84.4 cm³/mol. The van der Waals surface area contributed by atoms with Crippen molar-refractivity contribution in [2.45, 2.75) is 30.6 Å². The van der Waals surface area contributed by atoms with E-state index < -0.39 is 0 Å². The van der Waals surface area contributed by atoms with Crippen LogP contribution in [0.15, 0.2) is 16.6 Å². The number of halogens is 2. The number of hydrogen-bond acceptors (Lipinski definition) is 3. The Morgan fingerprint density at radius 2 is 2.20 bits per heavy atom. The molecule has 0 bridgehead atoms. The van der Waals surface area contributed by atoms with E-state index in [1.54, 1.807) is 12.1 Å². The maximum Gasteiger partial charge on any atom is 0.337 e. The molecule has 2 aromatic rings. The van der Waals surface area contributed by atoms with E-state index in [4.69, 9.17) is 9.72 Å². The van der Waals surface area contributed by atoms with Gasteiger partial charge in [0.15, 0.2) is 0 Å². The number of imidazole rings is 1. The number of rotatable bonds is 1. The van der Waals surface area contributed by atoms with Crippen molar-refractivity contribution in [1.29, 1.82) is 0 Å². The summed E-state index contributed by atoms with van der Waals surface area (Å²) in [6, 6.07) is 4.00. The third kappa shape index (κ3) is 2.09. The van der Waals surface area contributed by atoms with Gasteiger partial charge in [0.25, 0.3) is 0 Å². The van der Waals surface area contributed by atoms with Gasteiger partial charge < -0.3 is 9.30 Å². The summed E-state index contributed by atoms with van der Waals surface area (Å²) < 4.78 is 7.91. The summed E-state index contributed by atoms with van der Waals surface area (Å²) in [4.78, 5) is 16.7. The van der Waals surface area contributed by atoms with Crippen molar-refractivity contribution in [1.82, 2.24) is 9.55 Å². The number of hydrogen-bond donors (Lipinski definition) is 0. The van der Waals surface area contributed by atoms with Gasteiger partial charge in [-0.1, -0.05) is 15.9 Å². The molecule has 6 heteroatoms. The van der Waals surface area contributed by atoms with Gasteiger partial charge >= 0.3 is 5.97 Å². The molecule has 0 fully saturated rings. The van der Waals surface area contributed by atoms with Crippen molar-refractivity contribution in [3.8, 4) is 0 Å². The molecule has 0 amide bonds. The molecule has 2 unspecified atom stereocenters. The van der Waals surface area contributed by atoms with Crippen LogP contribution in [-0.4, -0.2) is 22.6 Å². The summed E-state index contributed by atoms with van der Waals surface area (Å²) in [5, 5.41) is 0. The fourth-order valence-corrected chi connectivity index (χ4v) is 3.98. The molecule has 2 atom stereocenters. The lowest BCUT2D eigenvalue weighted by Gasteiger charge is -2.26. The summed E-state index contributed by atoms with van der Waals surface area (Å²) in [5.74, 6) is 0.684. The Morgan fingerprint density at radius 3 is 2.90 bits per heavy atom. The van der Waals surface area contributed by atoms with Crippen molar-refractivity contribution in [2.75, 3.05) is 7.11 Å². The van der Waals surface area contributed by atoms with Crippen LogP contribution in [0, 0.1) is 0 Å². The Balaban J connectivity index is 2.27. The Hall–Kier alpha value is -0.880. The largest absolute Gasteiger partial charge is 0.465 e. The van der Waals surface area contributed by atoms with Gasteiger partial charge in [0.1, 0.15) is 5.82 Å². The Labute approximate surface area is 133 Å². The molecule has 0 spiro atoms. The Kier molecular flexibility index (Phi) is 3.62. The first-order valence-electron chi connectivity index (χ1n) is 6.46. The highest BCUT2D eigenvalue weighted by molar-refractivity contribution is 9.10. The average molecular weight is 402 g/mol. The Bertz CT molecular complexity index is 696. The summed E-state index contributed by atoms with van der Waals surface area (Å²) in [5.41, 5.74) is 2.39. The van der Waals surface area contributed by atoms with E-state index in [9.17, 15) is 4.79 Å². The number of benzene rings is 1. The first kappa shape index (κ1) is 14.1. The summed E-state index contributed by atoms with van der Waals surface area (Å²) in [6.45, 7) is 2.20. The van der Waals surface area contributed by atoms with Crippen LogP contribution >= 0.6 is 31.9 Å². The molecule has 0 radical (unpaired) electrons. The number of fused-ring (bicyclic) bond motifs is 3. The van der Waals surface area contributed by atoms with Crippen molar-refractivity contribution in [3.05, 3.63) is 28.0 Å². The van der Waals surface area contributed by atoms with Gasteiger partial charge in [-0.3, -0.25) is 0 Å². The van der Waals surface area contributed by atoms with Crippen molar-refractivity contribution < 1.29 is 9.53 Å². The number of aromatic nitrogens is 2. The van der Waals surface area contributed by atoms with Gasteiger partial charge in [0.05, 0.1) is 28.5 Å². The smallest absolute Gasteiger partial charge is 0.337 e. The Morgan fingerprint density at radius 1 is 1.45 bits per heavy atom. The predicted octanol–water partition coefficient (Wildman–Crippen LogP) is 4.38. The molecular weight excluding hydrogens is 388 g/mol. The molecule has 1 aromatic heterocycles. The zero-order valence-electron chi connectivity index (χ0n) is 11.2.